The molecule has 1 aromatic heterocycles. The van der Waals surface area contributed by atoms with Crippen LogP contribution >= 0.6 is 11.6 Å². The Kier molecular flexibility index (Phi) is 3.54. The summed E-state index contributed by atoms with van der Waals surface area (Å²) in [7, 11) is 0. The highest BCUT2D eigenvalue weighted by molar-refractivity contribution is 6.32. The largest absolute Gasteiger partial charge is 0.452 e. The van der Waals surface area contributed by atoms with Gasteiger partial charge in [0.25, 0.3) is 5.91 Å². The van der Waals surface area contributed by atoms with E-state index in [4.69, 9.17) is 16.0 Å². The third kappa shape index (κ3) is 2.28. The molecule has 104 valence electrons. The Bertz CT molecular complexity index is 458. The molecule has 1 aromatic rings. The molecule has 19 heavy (non-hydrogen) atoms. The molecule has 0 bridgehead atoms. The van der Waals surface area contributed by atoms with Crippen LogP contribution in [0.15, 0.2) is 16.7 Å². The number of piperazine rings is 1. The molecular formula is C14H19ClN2O2. The lowest BCUT2D eigenvalue weighted by molar-refractivity contribution is 0.0222. The highest BCUT2D eigenvalue weighted by Gasteiger charge is 2.43. The van der Waals surface area contributed by atoms with Gasteiger partial charge in [-0.1, -0.05) is 19.3 Å². The maximum atomic E-state index is 12.7. The third-order valence-corrected chi connectivity index (χ3v) is 4.71. The standard InChI is InChI=1S/C14H19ClN2O2/c15-12-11(4-9-19-12)13(18)17-8-7-16-10-14(17)5-2-1-3-6-14/h4,9,16H,1-3,5-8,10H2. The summed E-state index contributed by atoms with van der Waals surface area (Å²) in [4.78, 5) is 14.7. The van der Waals surface area contributed by atoms with E-state index >= 15 is 0 Å². The minimum atomic E-state index is -0.0197. The number of amides is 1. The van der Waals surface area contributed by atoms with E-state index in [9.17, 15) is 4.79 Å². The second-order valence-electron chi connectivity index (χ2n) is 5.53. The van der Waals surface area contributed by atoms with Gasteiger partial charge in [-0.2, -0.15) is 0 Å². The quantitative estimate of drug-likeness (QED) is 0.861. The van der Waals surface area contributed by atoms with Crippen LogP contribution < -0.4 is 5.32 Å². The van der Waals surface area contributed by atoms with E-state index in [0.717, 1.165) is 32.5 Å². The van der Waals surface area contributed by atoms with Crippen LogP contribution in [0.3, 0.4) is 0 Å². The molecular weight excluding hydrogens is 264 g/mol. The van der Waals surface area contributed by atoms with Gasteiger partial charge in [-0.05, 0) is 30.5 Å². The number of carbonyl (C=O) groups excluding carboxylic acids is 1. The van der Waals surface area contributed by atoms with E-state index in [2.05, 4.69) is 5.32 Å². The molecule has 0 unspecified atom stereocenters. The van der Waals surface area contributed by atoms with Crippen molar-refractivity contribution < 1.29 is 9.21 Å². The predicted octanol–water partition coefficient (Wildman–Crippen LogP) is 2.68. The van der Waals surface area contributed by atoms with Crippen molar-refractivity contribution in [1.82, 2.24) is 10.2 Å². The van der Waals surface area contributed by atoms with E-state index in [1.54, 1.807) is 6.07 Å². The Hall–Kier alpha value is -1.00. The average molecular weight is 283 g/mol. The molecule has 0 atom stereocenters. The lowest BCUT2D eigenvalue weighted by Crippen LogP contribution is -2.63. The maximum Gasteiger partial charge on any atom is 0.259 e. The molecule has 1 aliphatic heterocycles. The van der Waals surface area contributed by atoms with Crippen molar-refractivity contribution in [2.45, 2.75) is 37.6 Å². The summed E-state index contributed by atoms with van der Waals surface area (Å²) in [6.07, 6.45) is 7.32. The molecule has 2 heterocycles. The Morgan fingerprint density at radius 2 is 2.16 bits per heavy atom. The van der Waals surface area contributed by atoms with Gasteiger partial charge in [-0.25, -0.2) is 0 Å². The number of halogens is 1. The molecule has 1 saturated heterocycles. The Morgan fingerprint density at radius 3 is 2.84 bits per heavy atom. The van der Waals surface area contributed by atoms with Crippen LogP contribution in [0.4, 0.5) is 0 Å². The normalized spacial score (nSPS) is 22.7. The number of hydrogen-bond donors (Lipinski definition) is 1. The topological polar surface area (TPSA) is 45.5 Å². The smallest absolute Gasteiger partial charge is 0.259 e. The van der Waals surface area contributed by atoms with E-state index < -0.39 is 0 Å². The Labute approximate surface area is 118 Å². The van der Waals surface area contributed by atoms with E-state index in [1.807, 2.05) is 4.90 Å². The van der Waals surface area contributed by atoms with Crippen LogP contribution in [0.5, 0.6) is 0 Å². The fraction of sp³-hybridized carbons (Fsp3) is 0.643. The lowest BCUT2D eigenvalue weighted by Gasteiger charge is -2.49. The number of nitrogens with zero attached hydrogens (tertiary/aromatic N) is 1. The number of furan rings is 1. The van der Waals surface area contributed by atoms with Crippen molar-refractivity contribution in [2.75, 3.05) is 19.6 Å². The van der Waals surface area contributed by atoms with Gasteiger partial charge in [0.15, 0.2) is 0 Å². The van der Waals surface area contributed by atoms with Crippen LogP contribution in [0.1, 0.15) is 42.5 Å². The predicted molar refractivity (Wildman–Crippen MR) is 73.4 cm³/mol. The molecule has 2 fully saturated rings. The number of carbonyl (C=O) groups is 1. The summed E-state index contributed by atoms with van der Waals surface area (Å²) in [5, 5.41) is 3.64. The summed E-state index contributed by atoms with van der Waals surface area (Å²) >= 11 is 5.95. The van der Waals surface area contributed by atoms with Gasteiger partial charge in [-0.15, -0.1) is 0 Å². The molecule has 1 saturated carbocycles. The van der Waals surface area contributed by atoms with Crippen molar-refractivity contribution in [3.63, 3.8) is 0 Å². The van der Waals surface area contributed by atoms with Crippen molar-refractivity contribution in [3.05, 3.63) is 23.1 Å². The monoisotopic (exact) mass is 282 g/mol. The number of rotatable bonds is 1. The van der Waals surface area contributed by atoms with Gasteiger partial charge in [-0.3, -0.25) is 4.79 Å². The first-order valence-electron chi connectivity index (χ1n) is 6.99. The molecule has 4 nitrogen and oxygen atoms in total. The van der Waals surface area contributed by atoms with Gasteiger partial charge in [0.1, 0.15) is 0 Å². The highest BCUT2D eigenvalue weighted by atomic mass is 35.5. The third-order valence-electron chi connectivity index (χ3n) is 4.42. The summed E-state index contributed by atoms with van der Waals surface area (Å²) < 4.78 is 5.05. The number of nitrogens with one attached hydrogen (secondary N) is 1. The summed E-state index contributed by atoms with van der Waals surface area (Å²) in [5.74, 6) is 0.0159. The first-order chi connectivity index (χ1) is 9.23. The summed E-state index contributed by atoms with van der Waals surface area (Å²) in [5.41, 5.74) is 0.474. The van der Waals surface area contributed by atoms with E-state index in [-0.39, 0.29) is 16.7 Å². The molecule has 1 N–H and O–H groups in total. The van der Waals surface area contributed by atoms with Gasteiger partial charge >= 0.3 is 0 Å². The fourth-order valence-corrected chi connectivity index (χ4v) is 3.60. The SMILES string of the molecule is O=C(c1ccoc1Cl)N1CCNCC12CCCCC2. The molecule has 0 aromatic carbocycles. The van der Waals surface area contributed by atoms with Crippen LogP contribution in [-0.4, -0.2) is 36.0 Å². The average Bonchev–Trinajstić information content (AvgIpc) is 2.86. The maximum absolute atomic E-state index is 12.7. The van der Waals surface area contributed by atoms with Crippen molar-refractivity contribution in [3.8, 4) is 0 Å². The lowest BCUT2D eigenvalue weighted by atomic mass is 9.79. The van der Waals surface area contributed by atoms with Crippen molar-refractivity contribution in [2.24, 2.45) is 0 Å². The van der Waals surface area contributed by atoms with Crippen LogP contribution in [0.2, 0.25) is 5.22 Å². The molecule has 1 amide bonds. The minimum absolute atomic E-state index is 0.0159. The zero-order valence-corrected chi connectivity index (χ0v) is 11.7. The summed E-state index contributed by atoms with van der Waals surface area (Å²) in [6.45, 7) is 2.50. The van der Waals surface area contributed by atoms with Gasteiger partial charge in [0, 0.05) is 19.6 Å². The Morgan fingerprint density at radius 1 is 1.37 bits per heavy atom. The zero-order chi connectivity index (χ0) is 13.3. The van der Waals surface area contributed by atoms with E-state index in [1.165, 1.54) is 25.5 Å². The van der Waals surface area contributed by atoms with Gasteiger partial charge in [0.05, 0.1) is 17.4 Å². The van der Waals surface area contributed by atoms with Gasteiger partial charge < -0.3 is 14.6 Å². The van der Waals surface area contributed by atoms with Crippen molar-refractivity contribution >= 4 is 17.5 Å². The minimum Gasteiger partial charge on any atom is -0.452 e. The van der Waals surface area contributed by atoms with Crippen molar-refractivity contribution in [1.29, 1.82) is 0 Å². The molecule has 3 rings (SSSR count). The molecule has 5 heteroatoms. The first-order valence-corrected chi connectivity index (χ1v) is 7.36. The molecule has 0 radical (unpaired) electrons. The fourth-order valence-electron chi connectivity index (χ4n) is 3.41. The summed E-state index contributed by atoms with van der Waals surface area (Å²) in [6, 6.07) is 1.67. The van der Waals surface area contributed by atoms with Crippen LogP contribution in [-0.2, 0) is 0 Å². The highest BCUT2D eigenvalue weighted by Crippen LogP contribution is 2.36. The molecule has 1 spiro atoms. The first kappa shape index (κ1) is 13.0. The Balaban J connectivity index is 1.88. The van der Waals surface area contributed by atoms with Crippen LogP contribution in [0, 0.1) is 0 Å². The van der Waals surface area contributed by atoms with Crippen LogP contribution in [0.25, 0.3) is 0 Å². The van der Waals surface area contributed by atoms with E-state index in [0.29, 0.717) is 5.56 Å². The second kappa shape index (κ2) is 5.17. The van der Waals surface area contributed by atoms with Gasteiger partial charge in [0.2, 0.25) is 5.22 Å². The molecule has 1 aliphatic carbocycles. The number of hydrogen-bond acceptors (Lipinski definition) is 3. The molecule has 2 aliphatic rings. The second-order valence-corrected chi connectivity index (χ2v) is 5.87. The zero-order valence-electron chi connectivity index (χ0n) is 11.0.